The van der Waals surface area contributed by atoms with Gasteiger partial charge in [0.15, 0.2) is 11.7 Å². The molecule has 27 heavy (non-hydrogen) atoms. The SMILES string of the molecule is CN=C(NCc1nc(C(F)(F)F)cs1)NC(C)c1cccc2ccccc12. The van der Waals surface area contributed by atoms with E-state index in [9.17, 15) is 13.2 Å². The number of aliphatic imine (C=N–C) groups is 1. The van der Waals surface area contributed by atoms with E-state index < -0.39 is 11.9 Å². The van der Waals surface area contributed by atoms with Gasteiger partial charge in [-0.05, 0) is 23.3 Å². The molecule has 0 saturated carbocycles. The fourth-order valence-electron chi connectivity index (χ4n) is 2.79. The molecule has 0 amide bonds. The second-order valence-corrected chi connectivity index (χ2v) is 6.93. The number of guanidine groups is 1. The van der Waals surface area contributed by atoms with Crippen LogP contribution >= 0.6 is 11.3 Å². The summed E-state index contributed by atoms with van der Waals surface area (Å²) in [5, 5.41) is 9.96. The van der Waals surface area contributed by atoms with Crippen molar-refractivity contribution >= 4 is 28.1 Å². The maximum absolute atomic E-state index is 12.6. The molecule has 142 valence electrons. The number of rotatable bonds is 4. The summed E-state index contributed by atoms with van der Waals surface area (Å²) >= 11 is 0.970. The Kier molecular flexibility index (Phi) is 5.65. The van der Waals surface area contributed by atoms with Crippen LogP contribution in [-0.4, -0.2) is 18.0 Å². The molecule has 2 aromatic carbocycles. The molecule has 0 aliphatic rings. The van der Waals surface area contributed by atoms with Gasteiger partial charge in [-0.3, -0.25) is 4.99 Å². The Balaban J connectivity index is 1.67. The van der Waals surface area contributed by atoms with E-state index in [1.807, 2.05) is 31.2 Å². The van der Waals surface area contributed by atoms with Crippen molar-refractivity contribution < 1.29 is 13.2 Å². The van der Waals surface area contributed by atoms with Crippen LogP contribution < -0.4 is 10.6 Å². The quantitative estimate of drug-likeness (QED) is 0.498. The summed E-state index contributed by atoms with van der Waals surface area (Å²) in [6.07, 6.45) is -4.42. The minimum atomic E-state index is -4.42. The van der Waals surface area contributed by atoms with Gasteiger partial charge in [-0.1, -0.05) is 42.5 Å². The highest BCUT2D eigenvalue weighted by atomic mass is 32.1. The van der Waals surface area contributed by atoms with E-state index in [4.69, 9.17) is 0 Å². The minimum Gasteiger partial charge on any atom is -0.350 e. The lowest BCUT2D eigenvalue weighted by Gasteiger charge is -2.19. The maximum Gasteiger partial charge on any atom is 0.434 e. The number of nitrogens with zero attached hydrogens (tertiary/aromatic N) is 2. The lowest BCUT2D eigenvalue weighted by Crippen LogP contribution is -2.38. The monoisotopic (exact) mass is 392 g/mol. The summed E-state index contributed by atoms with van der Waals surface area (Å²) in [5.41, 5.74) is 0.251. The number of benzene rings is 2. The molecule has 3 aromatic rings. The highest BCUT2D eigenvalue weighted by molar-refractivity contribution is 7.09. The first kappa shape index (κ1) is 19.2. The van der Waals surface area contributed by atoms with E-state index in [1.165, 1.54) is 0 Å². The van der Waals surface area contributed by atoms with Crippen LogP contribution in [0.15, 0.2) is 52.8 Å². The van der Waals surface area contributed by atoms with Crippen LogP contribution in [0.4, 0.5) is 13.2 Å². The Morgan fingerprint density at radius 1 is 1.19 bits per heavy atom. The molecule has 0 fully saturated rings. The molecule has 3 rings (SSSR count). The molecule has 0 bridgehead atoms. The van der Waals surface area contributed by atoms with Crippen LogP contribution in [0, 0.1) is 0 Å². The molecule has 8 heteroatoms. The van der Waals surface area contributed by atoms with Crippen molar-refractivity contribution in [1.29, 1.82) is 0 Å². The number of aromatic nitrogens is 1. The van der Waals surface area contributed by atoms with Crippen LogP contribution in [-0.2, 0) is 12.7 Å². The second-order valence-electron chi connectivity index (χ2n) is 5.98. The molecule has 0 spiro atoms. The lowest BCUT2D eigenvalue weighted by atomic mass is 10.00. The second kappa shape index (κ2) is 7.96. The Hall–Kier alpha value is -2.61. The fourth-order valence-corrected chi connectivity index (χ4v) is 3.53. The molecular weight excluding hydrogens is 373 g/mol. The largest absolute Gasteiger partial charge is 0.434 e. The zero-order valence-corrected chi connectivity index (χ0v) is 15.7. The van der Waals surface area contributed by atoms with Gasteiger partial charge in [0.05, 0.1) is 12.6 Å². The number of alkyl halides is 3. The van der Waals surface area contributed by atoms with Gasteiger partial charge < -0.3 is 10.6 Å². The van der Waals surface area contributed by atoms with E-state index in [2.05, 4.69) is 38.8 Å². The number of hydrogen-bond donors (Lipinski definition) is 2. The molecule has 1 atom stereocenters. The predicted octanol–water partition coefficient (Wildman–Crippen LogP) is 4.74. The van der Waals surface area contributed by atoms with Crippen molar-refractivity contribution in [3.63, 3.8) is 0 Å². The summed E-state index contributed by atoms with van der Waals surface area (Å²) in [6.45, 7) is 2.18. The molecule has 0 aliphatic heterocycles. The fraction of sp³-hybridized carbons (Fsp3) is 0.263. The predicted molar refractivity (Wildman–Crippen MR) is 103 cm³/mol. The number of fused-ring (bicyclic) bond motifs is 1. The third kappa shape index (κ3) is 4.57. The van der Waals surface area contributed by atoms with E-state index in [0.29, 0.717) is 11.0 Å². The Morgan fingerprint density at radius 2 is 1.93 bits per heavy atom. The van der Waals surface area contributed by atoms with Crippen LogP contribution in [0.5, 0.6) is 0 Å². The van der Waals surface area contributed by atoms with Gasteiger partial charge in [0.2, 0.25) is 0 Å². The van der Waals surface area contributed by atoms with Crippen molar-refractivity contribution in [2.75, 3.05) is 7.05 Å². The van der Waals surface area contributed by atoms with Gasteiger partial charge in [-0.2, -0.15) is 13.2 Å². The summed E-state index contributed by atoms with van der Waals surface area (Å²) in [4.78, 5) is 7.77. The summed E-state index contributed by atoms with van der Waals surface area (Å²) in [6, 6.07) is 14.2. The molecule has 0 radical (unpaired) electrons. The van der Waals surface area contributed by atoms with Crippen LogP contribution in [0.25, 0.3) is 10.8 Å². The Morgan fingerprint density at radius 3 is 2.63 bits per heavy atom. The summed E-state index contributed by atoms with van der Waals surface area (Å²) in [5.74, 6) is 0.499. The molecule has 1 unspecified atom stereocenters. The van der Waals surface area contributed by atoms with Gasteiger partial charge in [-0.25, -0.2) is 4.98 Å². The van der Waals surface area contributed by atoms with Crippen molar-refractivity contribution in [3.8, 4) is 0 Å². The third-order valence-corrected chi connectivity index (χ3v) is 4.96. The van der Waals surface area contributed by atoms with Crippen molar-refractivity contribution in [1.82, 2.24) is 15.6 Å². The number of halogens is 3. The maximum atomic E-state index is 12.6. The molecule has 1 heterocycles. The first-order chi connectivity index (χ1) is 12.9. The van der Waals surface area contributed by atoms with Gasteiger partial charge >= 0.3 is 6.18 Å². The molecule has 1 aromatic heterocycles. The van der Waals surface area contributed by atoms with Crippen LogP contribution in [0.1, 0.15) is 29.2 Å². The molecule has 0 aliphatic carbocycles. The molecule has 0 saturated heterocycles. The normalized spacial score (nSPS) is 13.6. The highest BCUT2D eigenvalue weighted by Crippen LogP contribution is 2.30. The highest BCUT2D eigenvalue weighted by Gasteiger charge is 2.33. The molecule has 2 N–H and O–H groups in total. The van der Waals surface area contributed by atoms with E-state index in [-0.39, 0.29) is 12.6 Å². The summed E-state index contributed by atoms with van der Waals surface area (Å²) in [7, 11) is 1.62. The topological polar surface area (TPSA) is 49.3 Å². The van der Waals surface area contributed by atoms with Gasteiger partial charge in [0.25, 0.3) is 0 Å². The molecular formula is C19H19F3N4S. The lowest BCUT2D eigenvalue weighted by molar-refractivity contribution is -0.140. The van der Waals surface area contributed by atoms with Crippen molar-refractivity contribution in [3.05, 3.63) is 64.1 Å². The van der Waals surface area contributed by atoms with Crippen LogP contribution in [0.2, 0.25) is 0 Å². The smallest absolute Gasteiger partial charge is 0.350 e. The van der Waals surface area contributed by atoms with Crippen molar-refractivity contribution in [2.24, 2.45) is 4.99 Å². The average molecular weight is 392 g/mol. The number of nitrogens with one attached hydrogen (secondary N) is 2. The van der Waals surface area contributed by atoms with Crippen LogP contribution in [0.3, 0.4) is 0 Å². The Labute approximate surface area is 159 Å². The first-order valence-corrected chi connectivity index (χ1v) is 9.23. The standard InChI is InChI=1S/C19H19F3N4S/c1-12(14-9-5-7-13-6-3-4-8-15(13)14)25-18(23-2)24-10-17-26-16(11-27-17)19(20,21)22/h3-9,11-12H,10H2,1-2H3,(H2,23,24,25). The van der Waals surface area contributed by atoms with Gasteiger partial charge in [-0.15, -0.1) is 11.3 Å². The van der Waals surface area contributed by atoms with E-state index in [0.717, 1.165) is 33.1 Å². The average Bonchev–Trinajstić information content (AvgIpc) is 3.14. The summed E-state index contributed by atoms with van der Waals surface area (Å²) < 4.78 is 37.9. The zero-order valence-electron chi connectivity index (χ0n) is 14.8. The van der Waals surface area contributed by atoms with E-state index >= 15 is 0 Å². The van der Waals surface area contributed by atoms with E-state index in [1.54, 1.807) is 7.05 Å². The van der Waals surface area contributed by atoms with Gasteiger partial charge in [0, 0.05) is 12.4 Å². The zero-order chi connectivity index (χ0) is 19.4. The van der Waals surface area contributed by atoms with Crippen molar-refractivity contribution in [2.45, 2.75) is 25.7 Å². The third-order valence-electron chi connectivity index (χ3n) is 4.12. The number of hydrogen-bond acceptors (Lipinski definition) is 3. The number of thiazole rings is 1. The minimum absolute atomic E-state index is 0.0377. The first-order valence-electron chi connectivity index (χ1n) is 8.35. The Bertz CT molecular complexity index is 944. The molecule has 4 nitrogen and oxygen atoms in total. The van der Waals surface area contributed by atoms with Gasteiger partial charge in [0.1, 0.15) is 5.01 Å².